The maximum Gasteiger partial charge on any atom is 0.261 e. The van der Waals surface area contributed by atoms with Gasteiger partial charge in [0.25, 0.3) is 8.32 Å². The molecular weight excluding hydrogens is 451 g/mol. The van der Waals surface area contributed by atoms with E-state index >= 15 is 0 Å². The Morgan fingerprint density at radius 1 is 1.04 bits per heavy atom. The van der Waals surface area contributed by atoms with Gasteiger partial charge >= 0.3 is 0 Å². The second-order valence-electron chi connectivity index (χ2n) is 7.88. The third kappa shape index (κ3) is 3.98. The van der Waals surface area contributed by atoms with Gasteiger partial charge in [0.1, 0.15) is 0 Å². The topological polar surface area (TPSA) is 18.5 Å². The Balaban J connectivity index is 2.00. The van der Waals surface area contributed by atoms with Crippen molar-refractivity contribution in [2.24, 2.45) is 0 Å². The molecule has 1 aliphatic heterocycles. The summed E-state index contributed by atoms with van der Waals surface area (Å²) in [5.41, 5.74) is 1.36. The Kier molecular flexibility index (Phi) is 6.38. The molecule has 0 amide bonds. The first kappa shape index (κ1) is 19.8. The molecule has 0 saturated carbocycles. The zero-order chi connectivity index (χ0) is 18.6. The van der Waals surface area contributed by atoms with E-state index in [9.17, 15) is 0 Å². The number of benzene rings is 2. The van der Waals surface area contributed by atoms with Gasteiger partial charge < -0.3 is 9.16 Å². The zero-order valence-electron chi connectivity index (χ0n) is 15.7. The molecule has 26 heavy (non-hydrogen) atoms. The molecule has 0 unspecified atom stereocenters. The molecule has 2 aromatic carbocycles. The molecule has 0 aromatic heterocycles. The number of halogens is 1. The summed E-state index contributed by atoms with van der Waals surface area (Å²) < 4.78 is 15.0. The van der Waals surface area contributed by atoms with Gasteiger partial charge in [-0.25, -0.2) is 0 Å². The van der Waals surface area contributed by atoms with Crippen LogP contribution in [-0.2, 0) is 9.16 Å². The summed E-state index contributed by atoms with van der Waals surface area (Å²) in [7, 11) is -2.45. The molecule has 0 aliphatic carbocycles. The number of hydrogen-bond donors (Lipinski definition) is 0. The Morgan fingerprint density at radius 2 is 1.58 bits per heavy atom. The van der Waals surface area contributed by atoms with Gasteiger partial charge in [0.05, 0.1) is 19.3 Å². The van der Waals surface area contributed by atoms with E-state index in [0.717, 1.165) is 13.0 Å². The summed E-state index contributed by atoms with van der Waals surface area (Å²) in [6.07, 6.45) is 1.12. The summed E-state index contributed by atoms with van der Waals surface area (Å²) in [6, 6.07) is 21.6. The number of ether oxygens (including phenoxy) is 1. The fraction of sp³-hybridized carbons (Fsp3) is 0.364. The van der Waals surface area contributed by atoms with Crippen molar-refractivity contribution in [3.8, 4) is 0 Å². The molecule has 1 saturated heterocycles. The summed E-state index contributed by atoms with van der Waals surface area (Å²) in [4.78, 5) is 0. The van der Waals surface area contributed by atoms with Crippen molar-refractivity contribution < 1.29 is 9.16 Å². The second kappa shape index (κ2) is 8.38. The van der Waals surface area contributed by atoms with Gasteiger partial charge in [-0.2, -0.15) is 0 Å². The minimum Gasteiger partial charge on any atom is -0.405 e. The Bertz CT molecular complexity index is 698. The predicted octanol–water partition coefficient (Wildman–Crippen LogP) is 4.67. The van der Waals surface area contributed by atoms with Crippen LogP contribution in [0.4, 0.5) is 0 Å². The summed E-state index contributed by atoms with van der Waals surface area (Å²) >= 11 is 2.30. The lowest BCUT2D eigenvalue weighted by atomic mass is 10.2. The SMILES string of the molecule is CC(C)(C)[Si](OC[C@H]1C/C(=C/I)CO1)(c1ccccc1)c1ccccc1. The Hall–Kier alpha value is -0.953. The minimum atomic E-state index is -2.45. The highest BCUT2D eigenvalue weighted by Gasteiger charge is 2.50. The van der Waals surface area contributed by atoms with Gasteiger partial charge in [0.2, 0.25) is 0 Å². The average molecular weight is 478 g/mol. The smallest absolute Gasteiger partial charge is 0.261 e. The van der Waals surface area contributed by atoms with Gasteiger partial charge in [-0.15, -0.1) is 0 Å². The molecule has 2 aromatic rings. The number of hydrogen-bond acceptors (Lipinski definition) is 2. The summed E-state index contributed by atoms with van der Waals surface area (Å²) in [5, 5.41) is 2.65. The van der Waals surface area contributed by atoms with Crippen LogP contribution in [0.15, 0.2) is 70.3 Å². The fourth-order valence-corrected chi connectivity index (χ4v) is 8.82. The summed E-state index contributed by atoms with van der Waals surface area (Å²) in [5.74, 6) is 0. The van der Waals surface area contributed by atoms with Crippen molar-refractivity contribution in [1.29, 1.82) is 0 Å². The first-order valence-corrected chi connectivity index (χ1v) is 12.3. The van der Waals surface area contributed by atoms with Crippen LogP contribution in [0.5, 0.6) is 0 Å². The maximum atomic E-state index is 6.93. The third-order valence-corrected chi connectivity index (χ3v) is 10.9. The van der Waals surface area contributed by atoms with Crippen LogP contribution in [0.3, 0.4) is 0 Å². The van der Waals surface area contributed by atoms with Gasteiger partial charge in [0, 0.05) is 0 Å². The standard InChI is InChI=1S/C22H27IO2Si/c1-22(2,3)26(20-10-6-4-7-11-20,21-12-8-5-9-13-21)25-17-19-14-18(15-23)16-24-19/h4-13,15,19H,14,16-17H2,1-3H3/b18-15-/t19-/m1/s1. The van der Waals surface area contributed by atoms with E-state index in [2.05, 4.69) is 108 Å². The van der Waals surface area contributed by atoms with Crippen LogP contribution in [-0.4, -0.2) is 27.6 Å². The van der Waals surface area contributed by atoms with E-state index in [0.29, 0.717) is 6.61 Å². The van der Waals surface area contributed by atoms with Crippen LogP contribution in [0.25, 0.3) is 0 Å². The monoisotopic (exact) mass is 478 g/mol. The van der Waals surface area contributed by atoms with Gasteiger partial charge in [-0.05, 0) is 31.5 Å². The Morgan fingerprint density at radius 3 is 2.00 bits per heavy atom. The maximum absolute atomic E-state index is 6.93. The molecule has 0 N–H and O–H groups in total. The van der Waals surface area contributed by atoms with Crippen molar-refractivity contribution in [2.75, 3.05) is 13.2 Å². The van der Waals surface area contributed by atoms with Gasteiger partial charge in [0.15, 0.2) is 0 Å². The van der Waals surface area contributed by atoms with E-state index in [-0.39, 0.29) is 11.1 Å². The van der Waals surface area contributed by atoms with Crippen LogP contribution in [0.1, 0.15) is 27.2 Å². The lowest BCUT2D eigenvalue weighted by Crippen LogP contribution is -2.67. The van der Waals surface area contributed by atoms with Gasteiger partial charge in [-0.1, -0.05) is 104 Å². The van der Waals surface area contributed by atoms with Crippen LogP contribution in [0, 0.1) is 0 Å². The molecule has 2 nitrogen and oxygen atoms in total. The quantitative estimate of drug-likeness (QED) is 0.460. The molecule has 1 atom stereocenters. The van der Waals surface area contributed by atoms with E-state index in [1.54, 1.807) is 0 Å². The molecular formula is C22H27IO2Si. The van der Waals surface area contributed by atoms with E-state index in [1.165, 1.54) is 15.9 Å². The first-order chi connectivity index (χ1) is 12.5. The van der Waals surface area contributed by atoms with Crippen molar-refractivity contribution in [3.05, 3.63) is 70.3 Å². The molecule has 138 valence electrons. The highest BCUT2D eigenvalue weighted by atomic mass is 127. The molecule has 1 aliphatic rings. The van der Waals surface area contributed by atoms with Crippen molar-refractivity contribution in [2.45, 2.75) is 38.3 Å². The minimum absolute atomic E-state index is 0.0102. The highest BCUT2D eigenvalue weighted by molar-refractivity contribution is 14.1. The second-order valence-corrected chi connectivity index (χ2v) is 12.8. The predicted molar refractivity (Wildman–Crippen MR) is 120 cm³/mol. The molecule has 0 spiro atoms. The van der Waals surface area contributed by atoms with Crippen molar-refractivity contribution in [1.82, 2.24) is 0 Å². The molecule has 1 heterocycles. The van der Waals surface area contributed by atoms with E-state index in [1.807, 2.05) is 0 Å². The Labute approximate surface area is 171 Å². The normalized spacial score (nSPS) is 19.8. The average Bonchev–Trinajstić information content (AvgIpc) is 3.11. The van der Waals surface area contributed by atoms with E-state index < -0.39 is 8.32 Å². The van der Waals surface area contributed by atoms with Crippen LogP contribution >= 0.6 is 22.6 Å². The highest BCUT2D eigenvalue weighted by Crippen LogP contribution is 2.37. The third-order valence-electron chi connectivity index (χ3n) is 5.05. The van der Waals surface area contributed by atoms with Crippen LogP contribution in [0.2, 0.25) is 5.04 Å². The molecule has 0 radical (unpaired) electrons. The van der Waals surface area contributed by atoms with Crippen molar-refractivity contribution >= 4 is 41.3 Å². The molecule has 1 fully saturated rings. The molecule has 3 rings (SSSR count). The first-order valence-electron chi connectivity index (χ1n) is 9.12. The summed E-state index contributed by atoms with van der Waals surface area (Å²) in [6.45, 7) is 8.31. The lowest BCUT2D eigenvalue weighted by molar-refractivity contribution is 0.0658. The molecule has 0 bridgehead atoms. The zero-order valence-corrected chi connectivity index (χ0v) is 18.9. The number of rotatable bonds is 5. The fourth-order valence-electron chi connectivity index (χ4n) is 3.80. The van der Waals surface area contributed by atoms with Gasteiger partial charge in [-0.3, -0.25) is 0 Å². The van der Waals surface area contributed by atoms with Crippen molar-refractivity contribution in [3.63, 3.8) is 0 Å². The lowest BCUT2D eigenvalue weighted by Gasteiger charge is -2.43. The largest absolute Gasteiger partial charge is 0.405 e. The molecule has 4 heteroatoms. The van der Waals surface area contributed by atoms with E-state index in [4.69, 9.17) is 9.16 Å². The van der Waals surface area contributed by atoms with Crippen LogP contribution < -0.4 is 10.4 Å².